The number of benzene rings is 2. The highest BCUT2D eigenvalue weighted by Crippen LogP contribution is 2.26. The van der Waals surface area contributed by atoms with Crippen LogP contribution in [0.4, 0.5) is 0 Å². The number of phenols is 2. The molecule has 0 aliphatic rings. The highest BCUT2D eigenvalue weighted by atomic mass is 16.5. The molecule has 0 unspecified atom stereocenters. The van der Waals surface area contributed by atoms with Crippen LogP contribution in [0, 0.1) is 0 Å². The molecule has 14 nitrogen and oxygen atoms in total. The van der Waals surface area contributed by atoms with E-state index in [9.17, 15) is 39.0 Å². The van der Waals surface area contributed by atoms with Crippen LogP contribution in [0.1, 0.15) is 60.2 Å². The lowest BCUT2D eigenvalue weighted by molar-refractivity contribution is -0.132. The number of nitrogens with zero attached hydrogens (tertiary/aromatic N) is 2. The molecule has 0 atom stereocenters. The van der Waals surface area contributed by atoms with Crippen LogP contribution in [0.2, 0.25) is 0 Å². The second-order valence-corrected chi connectivity index (χ2v) is 7.89. The van der Waals surface area contributed by atoms with Gasteiger partial charge in [-0.1, -0.05) is 0 Å². The van der Waals surface area contributed by atoms with E-state index < -0.39 is 47.1 Å². The molecular formula is C24H26N4O10. The van der Waals surface area contributed by atoms with Gasteiger partial charge in [-0.15, -0.1) is 0 Å². The summed E-state index contributed by atoms with van der Waals surface area (Å²) in [5, 5.41) is 20.6. The summed E-state index contributed by atoms with van der Waals surface area (Å²) in [6, 6.07) is 6.80. The number of carbonyl (C=O) groups is 6. The zero-order valence-corrected chi connectivity index (χ0v) is 20.5. The molecule has 2 aromatic rings. The molecule has 6 N–H and O–H groups in total. The number of carbonyl (C=O) groups excluding carboxylic acids is 6. The molecule has 2 aromatic carbocycles. The number of imide groups is 2. The number of rotatable bonds is 9. The van der Waals surface area contributed by atoms with E-state index in [2.05, 4.69) is 0 Å². The summed E-state index contributed by atoms with van der Waals surface area (Å²) >= 11 is 0. The first-order chi connectivity index (χ1) is 17.8. The van der Waals surface area contributed by atoms with E-state index >= 15 is 0 Å². The quantitative estimate of drug-likeness (QED) is 0.0887. The van der Waals surface area contributed by atoms with E-state index in [0.717, 1.165) is 38.1 Å². The fourth-order valence-corrected chi connectivity index (χ4v) is 3.12. The Hall–Kier alpha value is -4.82. The topological polar surface area (TPSA) is 220 Å². The molecule has 38 heavy (non-hydrogen) atoms. The van der Waals surface area contributed by atoms with Gasteiger partial charge in [0.15, 0.2) is 0 Å². The Labute approximate surface area is 216 Å². The average molecular weight is 530 g/mol. The predicted octanol–water partition coefficient (Wildman–Crippen LogP) is 0.894. The van der Waals surface area contributed by atoms with E-state index in [-0.39, 0.29) is 48.3 Å². The molecule has 0 fully saturated rings. The zero-order valence-electron chi connectivity index (χ0n) is 20.5. The minimum Gasteiger partial charge on any atom is -0.507 e. The summed E-state index contributed by atoms with van der Waals surface area (Å²) in [5.41, 5.74) is -0.596. The molecular weight excluding hydrogens is 504 g/mol. The Kier molecular flexibility index (Phi) is 10.0. The molecule has 0 aliphatic carbocycles. The van der Waals surface area contributed by atoms with Gasteiger partial charge < -0.3 is 19.7 Å². The number of hydrogen-bond acceptors (Lipinski definition) is 12. The Bertz CT molecular complexity index is 1180. The summed E-state index contributed by atoms with van der Waals surface area (Å²) < 4.78 is 9.58. The molecule has 4 amide bonds. The molecule has 0 saturated carbocycles. The molecule has 2 rings (SSSR count). The first-order valence-electron chi connectivity index (χ1n) is 11.1. The largest absolute Gasteiger partial charge is 0.507 e. The van der Waals surface area contributed by atoms with Crippen LogP contribution in [0.15, 0.2) is 36.4 Å². The van der Waals surface area contributed by atoms with Crippen molar-refractivity contribution in [2.75, 3.05) is 0 Å². The SMILES string of the molecule is CC(=O)Oc1ccc(C(=O)N(N)C(=O)CCCCC(=O)N(N)C(=O)c2ccc(OC(C)=O)cc2O)c(O)c1. The second kappa shape index (κ2) is 12.9. The minimum absolute atomic E-state index is 0.00669. The maximum absolute atomic E-state index is 12.4. The number of aromatic hydroxyl groups is 2. The number of ether oxygens (including phenoxy) is 2. The number of hydrazine groups is 2. The maximum atomic E-state index is 12.4. The third-order valence-corrected chi connectivity index (χ3v) is 4.93. The number of amides is 4. The van der Waals surface area contributed by atoms with Crippen LogP contribution in [0.3, 0.4) is 0 Å². The zero-order chi connectivity index (χ0) is 28.6. The van der Waals surface area contributed by atoms with Crippen molar-refractivity contribution in [2.45, 2.75) is 39.5 Å². The Balaban J connectivity index is 1.86. The van der Waals surface area contributed by atoms with Gasteiger partial charge in [0.25, 0.3) is 11.8 Å². The number of nitrogens with two attached hydrogens (primary N) is 2. The van der Waals surface area contributed by atoms with Gasteiger partial charge in [0, 0.05) is 38.8 Å². The average Bonchev–Trinajstić information content (AvgIpc) is 2.84. The van der Waals surface area contributed by atoms with Gasteiger partial charge >= 0.3 is 11.9 Å². The minimum atomic E-state index is -1.00. The van der Waals surface area contributed by atoms with Crippen LogP contribution >= 0.6 is 0 Å². The molecule has 0 heterocycles. The van der Waals surface area contributed by atoms with Crippen molar-refractivity contribution in [1.29, 1.82) is 0 Å². The third-order valence-electron chi connectivity index (χ3n) is 4.93. The van der Waals surface area contributed by atoms with Crippen molar-refractivity contribution in [1.82, 2.24) is 10.0 Å². The normalized spacial score (nSPS) is 10.3. The van der Waals surface area contributed by atoms with Crippen LogP contribution in [-0.4, -0.2) is 55.8 Å². The highest BCUT2D eigenvalue weighted by Gasteiger charge is 2.24. The standard InChI is InChI=1S/C24H26N4O10/c1-13(29)37-15-7-9-17(19(31)11-15)23(35)27(25)21(33)5-3-4-6-22(34)28(26)24(36)18-10-8-16(12-20(18)32)38-14(2)30/h7-12,31-32H,3-6,25-26H2,1-2H3. The molecule has 0 bridgehead atoms. The maximum Gasteiger partial charge on any atom is 0.308 e. The van der Waals surface area contributed by atoms with Crippen LogP contribution < -0.4 is 21.2 Å². The smallest absolute Gasteiger partial charge is 0.308 e. The van der Waals surface area contributed by atoms with Crippen molar-refractivity contribution in [3.63, 3.8) is 0 Å². The van der Waals surface area contributed by atoms with E-state index in [1.54, 1.807) is 0 Å². The van der Waals surface area contributed by atoms with Gasteiger partial charge in [0.2, 0.25) is 11.8 Å². The molecule has 0 spiro atoms. The van der Waals surface area contributed by atoms with Gasteiger partial charge in [-0.2, -0.15) is 0 Å². The lowest BCUT2D eigenvalue weighted by Gasteiger charge is -2.17. The van der Waals surface area contributed by atoms with Gasteiger partial charge in [-0.05, 0) is 37.1 Å². The van der Waals surface area contributed by atoms with E-state index in [4.69, 9.17) is 21.2 Å². The van der Waals surface area contributed by atoms with Gasteiger partial charge in [0.1, 0.15) is 23.0 Å². The molecule has 0 saturated heterocycles. The van der Waals surface area contributed by atoms with Crippen LogP contribution in [0.25, 0.3) is 0 Å². The predicted molar refractivity (Wildman–Crippen MR) is 128 cm³/mol. The lowest BCUT2D eigenvalue weighted by atomic mass is 10.1. The molecule has 14 heteroatoms. The fraction of sp³-hybridized carbons (Fsp3) is 0.250. The van der Waals surface area contributed by atoms with Gasteiger partial charge in [0.05, 0.1) is 11.1 Å². The Morgan fingerprint density at radius 3 is 1.32 bits per heavy atom. The van der Waals surface area contributed by atoms with Crippen LogP contribution in [-0.2, 0) is 19.2 Å². The second-order valence-electron chi connectivity index (χ2n) is 7.89. The summed E-state index contributed by atoms with van der Waals surface area (Å²) in [6.45, 7) is 2.31. The van der Waals surface area contributed by atoms with E-state index in [1.807, 2.05) is 0 Å². The number of esters is 2. The lowest BCUT2D eigenvalue weighted by Crippen LogP contribution is -2.43. The third kappa shape index (κ3) is 7.84. The molecule has 0 radical (unpaired) electrons. The van der Waals surface area contributed by atoms with E-state index in [1.165, 1.54) is 12.1 Å². The number of phenolic OH excluding ortho intramolecular Hbond substituents is 2. The first-order valence-corrected chi connectivity index (χ1v) is 11.1. The molecule has 0 aliphatic heterocycles. The summed E-state index contributed by atoms with van der Waals surface area (Å²) in [7, 11) is 0. The van der Waals surface area contributed by atoms with E-state index in [0.29, 0.717) is 10.0 Å². The van der Waals surface area contributed by atoms with Crippen molar-refractivity contribution in [3.05, 3.63) is 47.5 Å². The van der Waals surface area contributed by atoms with Crippen molar-refractivity contribution >= 4 is 35.6 Å². The van der Waals surface area contributed by atoms with Crippen molar-refractivity contribution in [2.24, 2.45) is 11.7 Å². The number of hydrogen-bond donors (Lipinski definition) is 4. The monoisotopic (exact) mass is 530 g/mol. The number of unbranched alkanes of at least 4 members (excludes halogenated alkanes) is 1. The van der Waals surface area contributed by atoms with Gasteiger partial charge in [-0.25, -0.2) is 21.7 Å². The Morgan fingerprint density at radius 1 is 0.684 bits per heavy atom. The van der Waals surface area contributed by atoms with Crippen LogP contribution in [0.5, 0.6) is 23.0 Å². The highest BCUT2D eigenvalue weighted by molar-refractivity contribution is 6.06. The summed E-state index contributed by atoms with van der Waals surface area (Å²) in [4.78, 5) is 71.4. The molecule has 202 valence electrons. The Morgan fingerprint density at radius 2 is 1.03 bits per heavy atom. The van der Waals surface area contributed by atoms with Crippen molar-refractivity contribution in [3.8, 4) is 23.0 Å². The first kappa shape index (κ1) is 29.4. The van der Waals surface area contributed by atoms with Crippen molar-refractivity contribution < 1.29 is 48.5 Å². The molecule has 0 aromatic heterocycles. The summed E-state index contributed by atoms with van der Waals surface area (Å²) in [5.74, 6) is 5.15. The van der Waals surface area contributed by atoms with Gasteiger partial charge in [-0.3, -0.25) is 28.8 Å². The fourth-order valence-electron chi connectivity index (χ4n) is 3.12. The summed E-state index contributed by atoms with van der Waals surface area (Å²) in [6.07, 6.45) is -0.266.